The van der Waals surface area contributed by atoms with Gasteiger partial charge in [0.05, 0.1) is 6.04 Å². The molecule has 1 atom stereocenters. The first-order valence-corrected chi connectivity index (χ1v) is 6.94. The molecular formula is C17H22N2. The van der Waals surface area contributed by atoms with Gasteiger partial charge in [-0.05, 0) is 49.6 Å². The van der Waals surface area contributed by atoms with Gasteiger partial charge in [0.2, 0.25) is 0 Å². The third-order valence-electron chi connectivity index (χ3n) is 3.37. The molecule has 0 spiro atoms. The Kier molecular flexibility index (Phi) is 4.69. The number of hydrogen-bond donors (Lipinski definition) is 1. The molecular weight excluding hydrogens is 232 g/mol. The maximum atomic E-state index is 4.42. The first-order chi connectivity index (χ1) is 9.22. The molecule has 1 aromatic heterocycles. The molecule has 1 aromatic carbocycles. The van der Waals surface area contributed by atoms with Crippen molar-refractivity contribution in [3.05, 3.63) is 65.0 Å². The van der Waals surface area contributed by atoms with Crippen molar-refractivity contribution in [3.8, 4) is 0 Å². The molecule has 2 aromatic rings. The Bertz CT molecular complexity index is 517. The Balaban J connectivity index is 2.35. The number of aromatic nitrogens is 1. The van der Waals surface area contributed by atoms with Crippen molar-refractivity contribution in [1.29, 1.82) is 0 Å². The third-order valence-corrected chi connectivity index (χ3v) is 3.37. The van der Waals surface area contributed by atoms with Crippen LogP contribution in [0, 0.1) is 13.8 Å². The van der Waals surface area contributed by atoms with Gasteiger partial charge in [0.1, 0.15) is 0 Å². The van der Waals surface area contributed by atoms with Crippen molar-refractivity contribution in [2.24, 2.45) is 0 Å². The zero-order valence-corrected chi connectivity index (χ0v) is 12.0. The summed E-state index contributed by atoms with van der Waals surface area (Å²) in [6, 6.07) is 13.0. The van der Waals surface area contributed by atoms with Gasteiger partial charge in [-0.2, -0.15) is 0 Å². The van der Waals surface area contributed by atoms with Gasteiger partial charge >= 0.3 is 0 Å². The van der Waals surface area contributed by atoms with Crippen LogP contribution in [-0.2, 0) is 0 Å². The van der Waals surface area contributed by atoms with E-state index in [0.29, 0.717) is 0 Å². The number of rotatable bonds is 5. The predicted octanol–water partition coefficient (Wildman–Crippen LogP) is 3.79. The normalized spacial score (nSPS) is 12.4. The van der Waals surface area contributed by atoms with Crippen LogP contribution in [0.25, 0.3) is 0 Å². The molecule has 0 aliphatic heterocycles. The summed E-state index contributed by atoms with van der Waals surface area (Å²) >= 11 is 0. The Labute approximate surface area is 115 Å². The van der Waals surface area contributed by atoms with E-state index in [0.717, 1.165) is 18.7 Å². The fourth-order valence-electron chi connectivity index (χ4n) is 2.26. The van der Waals surface area contributed by atoms with Gasteiger partial charge in [0.15, 0.2) is 0 Å². The molecule has 0 aliphatic carbocycles. The fourth-order valence-corrected chi connectivity index (χ4v) is 2.26. The quantitative estimate of drug-likeness (QED) is 0.878. The monoisotopic (exact) mass is 254 g/mol. The lowest BCUT2D eigenvalue weighted by molar-refractivity contribution is 0.594. The van der Waals surface area contributed by atoms with Crippen LogP contribution in [0.1, 0.15) is 41.8 Å². The van der Waals surface area contributed by atoms with Crippen LogP contribution in [0.3, 0.4) is 0 Å². The number of hydrogen-bond acceptors (Lipinski definition) is 2. The lowest BCUT2D eigenvalue weighted by Gasteiger charge is -2.21. The van der Waals surface area contributed by atoms with Crippen molar-refractivity contribution >= 4 is 0 Å². The summed E-state index contributed by atoms with van der Waals surface area (Å²) < 4.78 is 0. The summed E-state index contributed by atoms with van der Waals surface area (Å²) in [5.74, 6) is 0. The molecule has 2 heteroatoms. The summed E-state index contributed by atoms with van der Waals surface area (Å²) in [5.41, 5.74) is 4.94. The highest BCUT2D eigenvalue weighted by molar-refractivity contribution is 5.36. The third kappa shape index (κ3) is 3.42. The predicted molar refractivity (Wildman–Crippen MR) is 80.3 cm³/mol. The summed E-state index contributed by atoms with van der Waals surface area (Å²) in [5, 5.41) is 3.62. The van der Waals surface area contributed by atoms with Crippen molar-refractivity contribution in [1.82, 2.24) is 10.3 Å². The Hall–Kier alpha value is -1.67. The van der Waals surface area contributed by atoms with Gasteiger partial charge < -0.3 is 5.32 Å². The van der Waals surface area contributed by atoms with E-state index in [4.69, 9.17) is 0 Å². The van der Waals surface area contributed by atoms with Gasteiger partial charge in [-0.15, -0.1) is 0 Å². The average Bonchev–Trinajstić information content (AvgIpc) is 2.43. The first-order valence-electron chi connectivity index (χ1n) is 6.94. The molecule has 2 rings (SSSR count). The fraction of sp³-hybridized carbons (Fsp3) is 0.353. The number of pyridine rings is 1. The van der Waals surface area contributed by atoms with Crippen LogP contribution in [0.5, 0.6) is 0 Å². The number of nitrogens with one attached hydrogen (secondary N) is 1. The zero-order valence-electron chi connectivity index (χ0n) is 12.0. The van der Waals surface area contributed by atoms with Gasteiger partial charge in [-0.3, -0.25) is 4.98 Å². The maximum Gasteiger partial charge on any atom is 0.0594 e. The average molecular weight is 254 g/mol. The van der Waals surface area contributed by atoms with Crippen LogP contribution < -0.4 is 5.32 Å². The minimum Gasteiger partial charge on any atom is -0.306 e. The molecule has 0 bridgehead atoms. The van der Waals surface area contributed by atoms with Crippen LogP contribution in [0.15, 0.2) is 42.6 Å². The smallest absolute Gasteiger partial charge is 0.0594 e. The van der Waals surface area contributed by atoms with E-state index < -0.39 is 0 Å². The molecule has 0 aliphatic rings. The highest BCUT2D eigenvalue weighted by Crippen LogP contribution is 2.24. The molecule has 2 nitrogen and oxygen atoms in total. The summed E-state index contributed by atoms with van der Waals surface area (Å²) in [6.07, 6.45) is 3.11. The van der Waals surface area contributed by atoms with Gasteiger partial charge in [0.25, 0.3) is 0 Å². The van der Waals surface area contributed by atoms with Gasteiger partial charge in [0, 0.05) is 11.9 Å². The summed E-state index contributed by atoms with van der Waals surface area (Å²) in [6.45, 7) is 7.38. The number of nitrogens with zero attached hydrogens (tertiary/aromatic N) is 1. The molecule has 0 saturated carbocycles. The number of aryl methyl sites for hydroxylation is 2. The summed E-state index contributed by atoms with van der Waals surface area (Å²) in [7, 11) is 0. The molecule has 0 amide bonds. The molecule has 100 valence electrons. The highest BCUT2D eigenvalue weighted by atomic mass is 14.9. The second kappa shape index (κ2) is 6.48. The largest absolute Gasteiger partial charge is 0.306 e. The van der Waals surface area contributed by atoms with E-state index in [1.54, 1.807) is 0 Å². The van der Waals surface area contributed by atoms with E-state index >= 15 is 0 Å². The van der Waals surface area contributed by atoms with Crippen molar-refractivity contribution in [3.63, 3.8) is 0 Å². The van der Waals surface area contributed by atoms with Crippen LogP contribution >= 0.6 is 0 Å². The van der Waals surface area contributed by atoms with Crippen LogP contribution in [0.2, 0.25) is 0 Å². The molecule has 1 unspecified atom stereocenters. The standard InChI is InChI=1S/C17H22N2/c1-4-11-18-17(15-10-9-14(3)19-12-15)16-8-6-5-7-13(16)2/h5-10,12,17-18H,4,11H2,1-3H3. The van der Waals surface area contributed by atoms with Crippen molar-refractivity contribution in [2.75, 3.05) is 6.54 Å². The van der Waals surface area contributed by atoms with Crippen molar-refractivity contribution in [2.45, 2.75) is 33.2 Å². The molecule has 0 fully saturated rings. The van der Waals surface area contributed by atoms with Crippen LogP contribution in [-0.4, -0.2) is 11.5 Å². The molecule has 1 heterocycles. The van der Waals surface area contributed by atoms with Crippen LogP contribution in [0.4, 0.5) is 0 Å². The number of benzene rings is 1. The second-order valence-corrected chi connectivity index (χ2v) is 4.98. The van der Waals surface area contributed by atoms with E-state index in [9.17, 15) is 0 Å². The SMILES string of the molecule is CCCNC(c1ccc(C)nc1)c1ccccc1C. The minimum atomic E-state index is 0.231. The Morgan fingerprint density at radius 1 is 1.11 bits per heavy atom. The highest BCUT2D eigenvalue weighted by Gasteiger charge is 2.15. The first kappa shape index (κ1) is 13.8. The van der Waals surface area contributed by atoms with E-state index in [2.05, 4.69) is 60.5 Å². The van der Waals surface area contributed by atoms with E-state index in [1.165, 1.54) is 16.7 Å². The van der Waals surface area contributed by atoms with E-state index in [1.807, 2.05) is 13.1 Å². The zero-order chi connectivity index (χ0) is 13.7. The minimum absolute atomic E-state index is 0.231. The van der Waals surface area contributed by atoms with Gasteiger partial charge in [-0.1, -0.05) is 37.3 Å². The Morgan fingerprint density at radius 2 is 1.89 bits per heavy atom. The molecule has 0 saturated heterocycles. The molecule has 1 N–H and O–H groups in total. The lowest BCUT2D eigenvalue weighted by Crippen LogP contribution is -2.24. The second-order valence-electron chi connectivity index (χ2n) is 4.98. The molecule has 19 heavy (non-hydrogen) atoms. The maximum absolute atomic E-state index is 4.42. The molecule has 0 radical (unpaired) electrons. The Morgan fingerprint density at radius 3 is 2.53 bits per heavy atom. The topological polar surface area (TPSA) is 24.9 Å². The summed E-state index contributed by atoms with van der Waals surface area (Å²) in [4.78, 5) is 4.42. The van der Waals surface area contributed by atoms with E-state index in [-0.39, 0.29) is 6.04 Å². The van der Waals surface area contributed by atoms with Gasteiger partial charge in [-0.25, -0.2) is 0 Å². The van der Waals surface area contributed by atoms with Crippen molar-refractivity contribution < 1.29 is 0 Å². The lowest BCUT2D eigenvalue weighted by atomic mass is 9.96.